The standard InChI is InChI=1S/C10H7O5P/c11-3-5-1-8-6(4-14-9(8)12)2-7(5)10(13)15-16/h1-3H,4,16H2. The molecule has 0 bridgehead atoms. The first-order valence-corrected chi connectivity index (χ1v) is 4.84. The summed E-state index contributed by atoms with van der Waals surface area (Å²) in [5.74, 6) is -1.13. The lowest BCUT2D eigenvalue weighted by Gasteiger charge is -2.04. The summed E-state index contributed by atoms with van der Waals surface area (Å²) < 4.78 is 9.24. The number of benzene rings is 1. The molecule has 0 aliphatic carbocycles. The van der Waals surface area contributed by atoms with Crippen molar-refractivity contribution in [1.29, 1.82) is 0 Å². The van der Waals surface area contributed by atoms with Gasteiger partial charge in [-0.05, 0) is 12.1 Å². The molecule has 2 rings (SSSR count). The molecule has 1 atom stereocenters. The summed E-state index contributed by atoms with van der Waals surface area (Å²) in [6, 6.07) is 2.78. The van der Waals surface area contributed by atoms with Gasteiger partial charge in [0.25, 0.3) is 0 Å². The van der Waals surface area contributed by atoms with Crippen LogP contribution in [0.15, 0.2) is 12.1 Å². The number of hydrogen-bond acceptors (Lipinski definition) is 5. The van der Waals surface area contributed by atoms with Gasteiger partial charge in [0.15, 0.2) is 6.29 Å². The van der Waals surface area contributed by atoms with Gasteiger partial charge in [0.05, 0.1) is 20.6 Å². The van der Waals surface area contributed by atoms with Crippen molar-refractivity contribution >= 4 is 27.7 Å². The molecule has 1 unspecified atom stereocenters. The predicted octanol–water partition coefficient (Wildman–Crippen LogP) is 1.12. The van der Waals surface area contributed by atoms with E-state index in [0.717, 1.165) is 0 Å². The van der Waals surface area contributed by atoms with Gasteiger partial charge in [-0.25, -0.2) is 9.59 Å². The highest BCUT2D eigenvalue weighted by molar-refractivity contribution is 7.10. The second-order valence-corrected chi connectivity index (χ2v) is 3.43. The van der Waals surface area contributed by atoms with Crippen LogP contribution in [-0.4, -0.2) is 18.2 Å². The molecule has 0 spiro atoms. The zero-order chi connectivity index (χ0) is 11.7. The third-order valence-electron chi connectivity index (χ3n) is 2.31. The van der Waals surface area contributed by atoms with Gasteiger partial charge in [0.2, 0.25) is 0 Å². The van der Waals surface area contributed by atoms with Crippen LogP contribution in [0.25, 0.3) is 0 Å². The molecule has 6 heteroatoms. The Morgan fingerprint density at radius 3 is 2.88 bits per heavy atom. The maximum Gasteiger partial charge on any atom is 0.341 e. The van der Waals surface area contributed by atoms with Crippen LogP contribution in [0.4, 0.5) is 0 Å². The van der Waals surface area contributed by atoms with Crippen LogP contribution < -0.4 is 0 Å². The molecule has 0 saturated carbocycles. The predicted molar refractivity (Wildman–Crippen MR) is 56.1 cm³/mol. The van der Waals surface area contributed by atoms with E-state index >= 15 is 0 Å². The highest BCUT2D eigenvalue weighted by Crippen LogP contribution is 2.24. The van der Waals surface area contributed by atoms with Crippen LogP contribution in [0.2, 0.25) is 0 Å². The van der Waals surface area contributed by atoms with Crippen LogP contribution in [0, 0.1) is 0 Å². The van der Waals surface area contributed by atoms with Crippen molar-refractivity contribution in [1.82, 2.24) is 0 Å². The Morgan fingerprint density at radius 2 is 2.25 bits per heavy atom. The average molecular weight is 238 g/mol. The van der Waals surface area contributed by atoms with Crippen molar-refractivity contribution in [2.24, 2.45) is 0 Å². The van der Waals surface area contributed by atoms with Crippen LogP contribution in [0.5, 0.6) is 0 Å². The van der Waals surface area contributed by atoms with Gasteiger partial charge < -0.3 is 9.26 Å². The Balaban J connectivity index is 2.59. The monoisotopic (exact) mass is 238 g/mol. The molecule has 1 heterocycles. The Morgan fingerprint density at radius 1 is 1.50 bits per heavy atom. The Bertz CT molecular complexity index is 494. The second kappa shape index (κ2) is 4.02. The maximum absolute atomic E-state index is 11.3. The molecule has 5 nitrogen and oxygen atoms in total. The zero-order valence-electron chi connectivity index (χ0n) is 8.06. The SMILES string of the molecule is O=Cc1cc2c(cc1C(=O)OP)COC2=O. The number of esters is 1. The van der Waals surface area contributed by atoms with Gasteiger partial charge in [-0.1, -0.05) is 0 Å². The van der Waals surface area contributed by atoms with Gasteiger partial charge in [-0.15, -0.1) is 0 Å². The largest absolute Gasteiger partial charge is 0.457 e. The van der Waals surface area contributed by atoms with Gasteiger partial charge in [-0.3, -0.25) is 4.79 Å². The van der Waals surface area contributed by atoms with Gasteiger partial charge in [-0.2, -0.15) is 0 Å². The van der Waals surface area contributed by atoms with Gasteiger partial charge in [0, 0.05) is 11.1 Å². The number of carbonyl (C=O) groups is 3. The minimum atomic E-state index is -0.644. The lowest BCUT2D eigenvalue weighted by Crippen LogP contribution is -2.05. The third kappa shape index (κ3) is 1.59. The Labute approximate surface area is 93.0 Å². The van der Waals surface area contributed by atoms with E-state index in [1.807, 2.05) is 9.47 Å². The summed E-state index contributed by atoms with van der Waals surface area (Å²) in [5, 5.41) is 0. The second-order valence-electron chi connectivity index (χ2n) is 3.20. The van der Waals surface area contributed by atoms with Crippen LogP contribution in [0.3, 0.4) is 0 Å². The third-order valence-corrected chi connectivity index (χ3v) is 2.52. The van der Waals surface area contributed by atoms with Crippen molar-refractivity contribution in [3.8, 4) is 0 Å². The molecular formula is C10H7O5P. The van der Waals surface area contributed by atoms with E-state index in [1.54, 1.807) is 0 Å². The molecule has 1 aliphatic heterocycles. The highest BCUT2D eigenvalue weighted by atomic mass is 31.0. The van der Waals surface area contributed by atoms with E-state index in [4.69, 9.17) is 4.74 Å². The maximum atomic E-state index is 11.3. The van der Waals surface area contributed by atoms with Crippen molar-refractivity contribution in [3.05, 3.63) is 34.4 Å². The fourth-order valence-electron chi connectivity index (χ4n) is 1.53. The molecule has 1 aromatic rings. The van der Waals surface area contributed by atoms with Crippen LogP contribution >= 0.6 is 9.47 Å². The topological polar surface area (TPSA) is 69.7 Å². The molecule has 0 saturated heterocycles. The summed E-state index contributed by atoms with van der Waals surface area (Å²) in [6.07, 6.45) is 0.503. The van der Waals surface area contributed by atoms with Crippen molar-refractivity contribution in [2.45, 2.75) is 6.61 Å². The first-order valence-electron chi connectivity index (χ1n) is 4.37. The van der Waals surface area contributed by atoms with E-state index in [2.05, 4.69) is 4.52 Å². The summed E-state index contributed by atoms with van der Waals surface area (Å²) >= 11 is 0. The summed E-state index contributed by atoms with van der Waals surface area (Å²) in [6.45, 7) is 0.116. The molecule has 0 N–H and O–H groups in total. The Kier molecular flexibility index (Phi) is 2.71. The normalized spacial score (nSPS) is 12.9. The lowest BCUT2D eigenvalue weighted by molar-refractivity contribution is 0.0535. The molecular weight excluding hydrogens is 231 g/mol. The van der Waals surface area contributed by atoms with Crippen LogP contribution in [-0.2, 0) is 15.9 Å². The Hall–Kier alpha value is -1.74. The van der Waals surface area contributed by atoms with E-state index in [9.17, 15) is 14.4 Å². The van der Waals surface area contributed by atoms with Crippen LogP contribution in [0.1, 0.15) is 36.6 Å². The molecule has 1 aromatic carbocycles. The molecule has 16 heavy (non-hydrogen) atoms. The fraction of sp³-hybridized carbons (Fsp3) is 0.100. The molecule has 0 amide bonds. The van der Waals surface area contributed by atoms with E-state index < -0.39 is 11.9 Å². The number of carbonyl (C=O) groups excluding carboxylic acids is 3. The molecule has 82 valence electrons. The summed E-state index contributed by atoms with van der Waals surface area (Å²) in [4.78, 5) is 33.4. The first kappa shape index (κ1) is 10.8. The van der Waals surface area contributed by atoms with Crippen molar-refractivity contribution in [3.63, 3.8) is 0 Å². The number of cyclic esters (lactones) is 1. The highest BCUT2D eigenvalue weighted by Gasteiger charge is 2.25. The minimum Gasteiger partial charge on any atom is -0.457 e. The van der Waals surface area contributed by atoms with Crippen molar-refractivity contribution < 1.29 is 23.6 Å². The number of fused-ring (bicyclic) bond motifs is 1. The average Bonchev–Trinajstić information content (AvgIpc) is 2.68. The number of ether oxygens (including phenoxy) is 1. The molecule has 0 fully saturated rings. The number of rotatable bonds is 2. The smallest absolute Gasteiger partial charge is 0.341 e. The number of hydrogen-bond donors (Lipinski definition) is 0. The summed E-state index contributed by atoms with van der Waals surface area (Å²) in [7, 11) is 1.81. The first-order chi connectivity index (χ1) is 7.67. The fourth-order valence-corrected chi connectivity index (χ4v) is 1.66. The summed E-state index contributed by atoms with van der Waals surface area (Å²) in [5.41, 5.74) is 1.15. The van der Waals surface area contributed by atoms with E-state index in [-0.39, 0.29) is 17.7 Å². The molecule has 1 aliphatic rings. The van der Waals surface area contributed by atoms with Gasteiger partial charge in [0.1, 0.15) is 6.61 Å². The minimum absolute atomic E-state index is 0.116. The molecule has 0 aromatic heterocycles. The quantitative estimate of drug-likeness (QED) is 0.438. The molecule has 0 radical (unpaired) electrons. The number of aldehydes is 1. The van der Waals surface area contributed by atoms with E-state index in [0.29, 0.717) is 17.4 Å². The zero-order valence-corrected chi connectivity index (χ0v) is 9.21. The lowest BCUT2D eigenvalue weighted by atomic mass is 10.0. The van der Waals surface area contributed by atoms with E-state index in [1.165, 1.54) is 12.1 Å². The van der Waals surface area contributed by atoms with Gasteiger partial charge >= 0.3 is 11.9 Å². The van der Waals surface area contributed by atoms with Crippen molar-refractivity contribution in [2.75, 3.05) is 0 Å².